The van der Waals surface area contributed by atoms with E-state index in [1.807, 2.05) is 31.1 Å². The van der Waals surface area contributed by atoms with Gasteiger partial charge in [0.15, 0.2) is 0 Å². The number of nitrogens with zero attached hydrogens (tertiary/aromatic N) is 3. The Morgan fingerprint density at radius 3 is 2.33 bits per heavy atom. The predicted octanol–water partition coefficient (Wildman–Crippen LogP) is 1.08. The fraction of sp³-hybridized carbons (Fsp3) is 0.478. The summed E-state index contributed by atoms with van der Waals surface area (Å²) in [5, 5.41) is 20.2. The highest BCUT2D eigenvalue weighted by atomic mass is 16.5. The number of aromatic nitrogens is 1. The lowest BCUT2D eigenvalue weighted by atomic mass is 10.0. The molecular formula is C23H29N5O5. The first-order valence-corrected chi connectivity index (χ1v) is 11.0. The van der Waals surface area contributed by atoms with Crippen molar-refractivity contribution >= 4 is 29.1 Å². The van der Waals surface area contributed by atoms with Gasteiger partial charge in [0.05, 0.1) is 17.8 Å². The number of amides is 3. The Morgan fingerprint density at radius 2 is 1.79 bits per heavy atom. The second kappa shape index (κ2) is 8.86. The fourth-order valence-electron chi connectivity index (χ4n) is 4.14. The van der Waals surface area contributed by atoms with Gasteiger partial charge in [-0.1, -0.05) is 5.16 Å². The number of likely N-dealkylation sites (tertiary alicyclic amines) is 1. The molecule has 2 aromatic rings. The van der Waals surface area contributed by atoms with Gasteiger partial charge in [-0.3, -0.25) is 14.4 Å². The van der Waals surface area contributed by atoms with Gasteiger partial charge < -0.3 is 30.1 Å². The summed E-state index contributed by atoms with van der Waals surface area (Å²) >= 11 is 0. The van der Waals surface area contributed by atoms with Crippen molar-refractivity contribution in [1.82, 2.24) is 15.4 Å². The molecule has 2 aliphatic rings. The minimum Gasteiger partial charge on any atom is -0.389 e. The number of aliphatic hydroxyl groups excluding tert-OH is 1. The Hall–Kier alpha value is -3.40. The molecule has 10 heteroatoms. The Balaban J connectivity index is 1.61. The third-order valence-corrected chi connectivity index (χ3v) is 6.16. The van der Waals surface area contributed by atoms with Crippen LogP contribution in [-0.2, 0) is 9.59 Å². The standard InChI is InChI=1S/C23H29N5O5/c1-12-18(13(2)33-26-12)23(32)28-11-17(29)19(25-21(30)14-5-6-14)20(28)22(31)24-15-7-9-16(10-8-15)27(3)4/h7-10,14,17,19-20,29H,5-6,11H2,1-4H3,(H,24,31)(H,25,30)/t17-,19+,20-/m0/s1. The number of β-amino-alcohol motifs (C(OH)–C–C–N with tert-alkyl or cyclic N) is 1. The lowest BCUT2D eigenvalue weighted by Crippen LogP contribution is -2.55. The topological polar surface area (TPSA) is 128 Å². The van der Waals surface area contributed by atoms with E-state index < -0.39 is 30.0 Å². The van der Waals surface area contributed by atoms with Crippen molar-refractivity contribution in [2.45, 2.75) is 44.9 Å². The first kappa shape index (κ1) is 22.8. The average Bonchev–Trinajstić information content (AvgIpc) is 3.50. The van der Waals surface area contributed by atoms with Crippen molar-refractivity contribution in [3.8, 4) is 0 Å². The molecule has 1 saturated heterocycles. The number of rotatable bonds is 6. The smallest absolute Gasteiger partial charge is 0.260 e. The second-order valence-electron chi connectivity index (χ2n) is 8.91. The molecule has 2 heterocycles. The second-order valence-corrected chi connectivity index (χ2v) is 8.91. The van der Waals surface area contributed by atoms with Crippen LogP contribution >= 0.6 is 0 Å². The van der Waals surface area contributed by atoms with Gasteiger partial charge in [0, 0.05) is 37.9 Å². The summed E-state index contributed by atoms with van der Waals surface area (Å²) in [6, 6.07) is 5.21. The zero-order chi connectivity index (χ0) is 23.9. The lowest BCUT2D eigenvalue weighted by molar-refractivity contribution is -0.125. The number of carbonyl (C=O) groups excluding carboxylic acids is 3. The van der Waals surface area contributed by atoms with E-state index in [1.165, 1.54) is 4.90 Å². The van der Waals surface area contributed by atoms with Gasteiger partial charge in [0.2, 0.25) is 11.8 Å². The number of aliphatic hydroxyl groups is 1. The van der Waals surface area contributed by atoms with Crippen LogP contribution in [0, 0.1) is 19.8 Å². The minimum absolute atomic E-state index is 0.101. The van der Waals surface area contributed by atoms with Crippen LogP contribution < -0.4 is 15.5 Å². The third kappa shape index (κ3) is 4.56. The number of aryl methyl sites for hydroxylation is 2. The summed E-state index contributed by atoms with van der Waals surface area (Å²) in [6.07, 6.45) is 0.473. The number of hydrogen-bond donors (Lipinski definition) is 3. The van der Waals surface area contributed by atoms with Crippen molar-refractivity contribution in [2.75, 3.05) is 30.9 Å². The summed E-state index contributed by atoms with van der Waals surface area (Å²) in [5.74, 6) is -0.955. The lowest BCUT2D eigenvalue weighted by Gasteiger charge is -2.27. The maximum Gasteiger partial charge on any atom is 0.260 e. The Morgan fingerprint density at radius 1 is 1.12 bits per heavy atom. The molecule has 3 amide bonds. The van der Waals surface area contributed by atoms with Crippen LogP contribution in [0.2, 0.25) is 0 Å². The van der Waals surface area contributed by atoms with Crippen LogP contribution in [0.1, 0.15) is 34.7 Å². The van der Waals surface area contributed by atoms with Crippen molar-refractivity contribution < 1.29 is 24.0 Å². The summed E-state index contributed by atoms with van der Waals surface area (Å²) < 4.78 is 5.12. The number of benzene rings is 1. The zero-order valence-electron chi connectivity index (χ0n) is 19.2. The van der Waals surface area contributed by atoms with E-state index in [0.717, 1.165) is 18.5 Å². The van der Waals surface area contributed by atoms with E-state index in [1.54, 1.807) is 26.0 Å². The Kier molecular flexibility index (Phi) is 6.11. The molecule has 3 N–H and O–H groups in total. The molecule has 2 fully saturated rings. The molecule has 4 rings (SSSR count). The molecule has 3 atom stereocenters. The van der Waals surface area contributed by atoms with E-state index in [0.29, 0.717) is 17.1 Å². The molecule has 0 bridgehead atoms. The van der Waals surface area contributed by atoms with Crippen LogP contribution in [-0.4, -0.2) is 71.7 Å². The Labute approximate surface area is 191 Å². The quantitative estimate of drug-likeness (QED) is 0.595. The van der Waals surface area contributed by atoms with E-state index in [9.17, 15) is 19.5 Å². The van der Waals surface area contributed by atoms with Gasteiger partial charge >= 0.3 is 0 Å². The number of hydrogen-bond acceptors (Lipinski definition) is 7. The predicted molar refractivity (Wildman–Crippen MR) is 121 cm³/mol. The molecule has 1 aliphatic carbocycles. The minimum atomic E-state index is -1.10. The van der Waals surface area contributed by atoms with E-state index >= 15 is 0 Å². The number of nitrogens with one attached hydrogen (secondary N) is 2. The first-order chi connectivity index (χ1) is 15.7. The van der Waals surface area contributed by atoms with Crippen LogP contribution in [0.15, 0.2) is 28.8 Å². The Bertz CT molecular complexity index is 1040. The summed E-state index contributed by atoms with van der Waals surface area (Å²) in [6.45, 7) is 3.16. The largest absolute Gasteiger partial charge is 0.389 e. The molecule has 0 radical (unpaired) electrons. The van der Waals surface area contributed by atoms with E-state index in [-0.39, 0.29) is 23.9 Å². The molecule has 176 valence electrons. The first-order valence-electron chi connectivity index (χ1n) is 11.0. The van der Waals surface area contributed by atoms with Crippen LogP contribution in [0.4, 0.5) is 11.4 Å². The molecule has 1 aliphatic heterocycles. The van der Waals surface area contributed by atoms with Crippen LogP contribution in [0.25, 0.3) is 0 Å². The normalized spacial score (nSPS) is 22.2. The highest BCUT2D eigenvalue weighted by Crippen LogP contribution is 2.31. The van der Waals surface area contributed by atoms with E-state index in [4.69, 9.17) is 4.52 Å². The van der Waals surface area contributed by atoms with Gasteiger partial charge in [-0.15, -0.1) is 0 Å². The average molecular weight is 456 g/mol. The molecule has 1 saturated carbocycles. The molecule has 10 nitrogen and oxygen atoms in total. The van der Waals surface area contributed by atoms with Gasteiger partial charge in [0.25, 0.3) is 5.91 Å². The van der Waals surface area contributed by atoms with Crippen molar-refractivity contribution in [1.29, 1.82) is 0 Å². The highest BCUT2D eigenvalue weighted by molar-refractivity contribution is 6.03. The SMILES string of the molecule is Cc1noc(C)c1C(=O)N1C[C@H](O)[C@@H](NC(=O)C2CC2)[C@H]1C(=O)Nc1ccc(N(C)C)cc1. The van der Waals surface area contributed by atoms with Crippen molar-refractivity contribution in [2.24, 2.45) is 5.92 Å². The highest BCUT2D eigenvalue weighted by Gasteiger charge is 2.49. The molecule has 0 spiro atoms. The maximum atomic E-state index is 13.4. The number of carbonyl (C=O) groups is 3. The van der Waals surface area contributed by atoms with Crippen LogP contribution in [0.5, 0.6) is 0 Å². The van der Waals surface area contributed by atoms with Gasteiger partial charge in [-0.2, -0.15) is 0 Å². The molecule has 1 aromatic carbocycles. The van der Waals surface area contributed by atoms with Gasteiger partial charge in [0.1, 0.15) is 17.4 Å². The molecule has 0 unspecified atom stereocenters. The molecule has 33 heavy (non-hydrogen) atoms. The summed E-state index contributed by atoms with van der Waals surface area (Å²) in [7, 11) is 3.83. The molecular weight excluding hydrogens is 426 g/mol. The third-order valence-electron chi connectivity index (χ3n) is 6.16. The van der Waals surface area contributed by atoms with Crippen molar-refractivity contribution in [3.63, 3.8) is 0 Å². The maximum absolute atomic E-state index is 13.4. The zero-order valence-corrected chi connectivity index (χ0v) is 19.2. The van der Waals surface area contributed by atoms with Gasteiger partial charge in [-0.05, 0) is 51.0 Å². The molecule has 1 aromatic heterocycles. The summed E-state index contributed by atoms with van der Waals surface area (Å²) in [4.78, 5) is 42.5. The van der Waals surface area contributed by atoms with Crippen LogP contribution in [0.3, 0.4) is 0 Å². The van der Waals surface area contributed by atoms with E-state index in [2.05, 4.69) is 15.8 Å². The monoisotopic (exact) mass is 455 g/mol. The fourth-order valence-corrected chi connectivity index (χ4v) is 4.14. The summed E-state index contributed by atoms with van der Waals surface area (Å²) in [5.41, 5.74) is 2.17. The van der Waals surface area contributed by atoms with Crippen molar-refractivity contribution in [3.05, 3.63) is 41.3 Å². The number of anilines is 2. The van der Waals surface area contributed by atoms with Gasteiger partial charge in [-0.25, -0.2) is 0 Å².